The molecule has 144 valence electrons. The van der Waals surface area contributed by atoms with E-state index in [1.54, 1.807) is 0 Å². The van der Waals surface area contributed by atoms with Gasteiger partial charge in [0.1, 0.15) is 6.04 Å². The highest BCUT2D eigenvalue weighted by molar-refractivity contribution is 5.83. The number of rotatable bonds is 6. The first kappa shape index (κ1) is 19.6. The maximum Gasteiger partial charge on any atom is 0.241 e. The molecular formula is C23H30N2O2. The third-order valence-electron chi connectivity index (χ3n) is 5.68. The van der Waals surface area contributed by atoms with E-state index in [9.17, 15) is 4.79 Å². The van der Waals surface area contributed by atoms with Crippen LogP contribution in [0.5, 0.6) is 0 Å². The van der Waals surface area contributed by atoms with Crippen molar-refractivity contribution >= 4 is 5.91 Å². The number of aryl methyl sites for hydroxylation is 1. The number of hydrogen-bond acceptors (Lipinski definition) is 3. The van der Waals surface area contributed by atoms with Gasteiger partial charge in [-0.25, -0.2) is 0 Å². The normalized spacial score (nSPS) is 17.5. The van der Waals surface area contributed by atoms with Gasteiger partial charge in [-0.3, -0.25) is 9.69 Å². The molecule has 2 aromatic rings. The van der Waals surface area contributed by atoms with Crippen LogP contribution < -0.4 is 5.32 Å². The summed E-state index contributed by atoms with van der Waals surface area (Å²) >= 11 is 0. The van der Waals surface area contributed by atoms with E-state index in [1.165, 1.54) is 5.56 Å². The van der Waals surface area contributed by atoms with Crippen molar-refractivity contribution < 1.29 is 9.53 Å². The molecule has 0 radical (unpaired) electrons. The Morgan fingerprint density at radius 3 is 2.33 bits per heavy atom. The summed E-state index contributed by atoms with van der Waals surface area (Å²) in [6, 6.07) is 18.3. The number of amides is 1. The lowest BCUT2D eigenvalue weighted by Gasteiger charge is -2.38. The number of nitrogens with one attached hydrogen (secondary N) is 1. The highest BCUT2D eigenvalue weighted by Gasteiger charge is 2.36. The average Bonchev–Trinajstić information content (AvgIpc) is 2.69. The zero-order valence-electron chi connectivity index (χ0n) is 16.6. The summed E-state index contributed by atoms with van der Waals surface area (Å²) in [7, 11) is 3.91. The predicted octanol–water partition coefficient (Wildman–Crippen LogP) is 3.46. The van der Waals surface area contributed by atoms with E-state index in [0.717, 1.165) is 37.2 Å². The SMILES string of the molecule is Cc1ccccc1[C@@H](C(=O)NCC1(c2ccccc2)CCOCC1)N(C)C. The molecular weight excluding hydrogens is 336 g/mol. The molecule has 0 unspecified atom stereocenters. The molecule has 0 saturated carbocycles. The topological polar surface area (TPSA) is 41.6 Å². The van der Waals surface area contributed by atoms with Gasteiger partial charge < -0.3 is 10.1 Å². The zero-order chi connectivity index (χ0) is 19.3. The Bertz CT molecular complexity index is 752. The number of carbonyl (C=O) groups is 1. The maximum absolute atomic E-state index is 13.2. The summed E-state index contributed by atoms with van der Waals surface area (Å²) < 4.78 is 5.60. The lowest BCUT2D eigenvalue weighted by molar-refractivity contribution is -0.126. The second-order valence-corrected chi connectivity index (χ2v) is 7.70. The third-order valence-corrected chi connectivity index (χ3v) is 5.68. The molecule has 3 rings (SSSR count). The van der Waals surface area contributed by atoms with E-state index in [0.29, 0.717) is 6.54 Å². The first-order valence-corrected chi connectivity index (χ1v) is 9.66. The van der Waals surface area contributed by atoms with E-state index in [2.05, 4.69) is 42.6 Å². The van der Waals surface area contributed by atoms with Gasteiger partial charge in [-0.2, -0.15) is 0 Å². The minimum atomic E-state index is -0.293. The summed E-state index contributed by atoms with van der Waals surface area (Å²) in [6.45, 7) is 4.16. The molecule has 2 aromatic carbocycles. The number of carbonyl (C=O) groups excluding carboxylic acids is 1. The lowest BCUT2D eigenvalue weighted by Crippen LogP contribution is -2.47. The molecule has 0 aliphatic carbocycles. The van der Waals surface area contributed by atoms with Gasteiger partial charge in [0.15, 0.2) is 0 Å². The molecule has 27 heavy (non-hydrogen) atoms. The fourth-order valence-electron chi connectivity index (χ4n) is 4.02. The predicted molar refractivity (Wildman–Crippen MR) is 109 cm³/mol. The third kappa shape index (κ3) is 4.40. The van der Waals surface area contributed by atoms with Gasteiger partial charge in [-0.05, 0) is 50.6 Å². The molecule has 1 atom stereocenters. The number of likely N-dealkylation sites (N-methyl/N-ethyl adjacent to an activating group) is 1. The monoisotopic (exact) mass is 366 g/mol. The average molecular weight is 367 g/mol. The minimum Gasteiger partial charge on any atom is -0.381 e. The van der Waals surface area contributed by atoms with Crippen molar-refractivity contribution in [2.24, 2.45) is 0 Å². The molecule has 0 spiro atoms. The Hall–Kier alpha value is -2.17. The Morgan fingerprint density at radius 1 is 1.07 bits per heavy atom. The molecule has 0 aromatic heterocycles. The summed E-state index contributed by atoms with van der Waals surface area (Å²) in [6.07, 6.45) is 1.85. The fourth-order valence-corrected chi connectivity index (χ4v) is 4.02. The van der Waals surface area contributed by atoms with Crippen LogP contribution in [-0.2, 0) is 14.9 Å². The van der Waals surface area contributed by atoms with Gasteiger partial charge in [0.05, 0.1) is 0 Å². The Morgan fingerprint density at radius 2 is 1.70 bits per heavy atom. The summed E-state index contributed by atoms with van der Waals surface area (Å²) in [4.78, 5) is 15.2. The highest BCUT2D eigenvalue weighted by Crippen LogP contribution is 2.34. The van der Waals surface area contributed by atoms with Crippen LogP contribution >= 0.6 is 0 Å². The van der Waals surface area contributed by atoms with E-state index in [1.807, 2.05) is 43.3 Å². The molecule has 1 aliphatic rings. The molecule has 4 heteroatoms. The molecule has 1 fully saturated rings. The van der Waals surface area contributed by atoms with Crippen LogP contribution in [-0.4, -0.2) is 44.7 Å². The molecule has 4 nitrogen and oxygen atoms in total. The summed E-state index contributed by atoms with van der Waals surface area (Å²) in [5.41, 5.74) is 3.42. The van der Waals surface area contributed by atoms with Gasteiger partial charge in [0.2, 0.25) is 5.91 Å². The number of ether oxygens (including phenoxy) is 1. The Balaban J connectivity index is 1.80. The van der Waals surface area contributed by atoms with Crippen LogP contribution in [0.4, 0.5) is 0 Å². The number of nitrogens with zero attached hydrogens (tertiary/aromatic N) is 1. The molecule has 0 bridgehead atoms. The fraction of sp³-hybridized carbons (Fsp3) is 0.435. The van der Waals surface area contributed by atoms with Crippen molar-refractivity contribution in [3.8, 4) is 0 Å². The van der Waals surface area contributed by atoms with Gasteiger partial charge in [0, 0.05) is 25.2 Å². The lowest BCUT2D eigenvalue weighted by atomic mass is 9.74. The van der Waals surface area contributed by atoms with Crippen molar-refractivity contribution in [3.63, 3.8) is 0 Å². The van der Waals surface area contributed by atoms with E-state index < -0.39 is 0 Å². The summed E-state index contributed by atoms with van der Waals surface area (Å²) in [5.74, 6) is 0.0519. The number of hydrogen-bond donors (Lipinski definition) is 1. The van der Waals surface area contributed by atoms with Gasteiger partial charge in [-0.1, -0.05) is 54.6 Å². The van der Waals surface area contributed by atoms with Crippen molar-refractivity contribution in [1.82, 2.24) is 10.2 Å². The second-order valence-electron chi connectivity index (χ2n) is 7.70. The van der Waals surface area contributed by atoms with Crippen molar-refractivity contribution in [2.75, 3.05) is 33.9 Å². The van der Waals surface area contributed by atoms with Crippen LogP contribution in [0.1, 0.15) is 35.6 Å². The number of benzene rings is 2. The molecule has 1 heterocycles. The smallest absolute Gasteiger partial charge is 0.241 e. The second kappa shape index (κ2) is 8.68. The van der Waals surface area contributed by atoms with Crippen molar-refractivity contribution in [3.05, 3.63) is 71.3 Å². The van der Waals surface area contributed by atoms with Crippen LogP contribution in [0.25, 0.3) is 0 Å². The van der Waals surface area contributed by atoms with Gasteiger partial charge >= 0.3 is 0 Å². The largest absolute Gasteiger partial charge is 0.381 e. The highest BCUT2D eigenvalue weighted by atomic mass is 16.5. The van der Waals surface area contributed by atoms with Gasteiger partial charge in [0.25, 0.3) is 0 Å². The van der Waals surface area contributed by atoms with Crippen LogP contribution in [0.2, 0.25) is 0 Å². The van der Waals surface area contributed by atoms with E-state index in [4.69, 9.17) is 4.74 Å². The first-order chi connectivity index (χ1) is 13.0. The molecule has 1 N–H and O–H groups in total. The maximum atomic E-state index is 13.2. The van der Waals surface area contributed by atoms with Crippen LogP contribution in [0.3, 0.4) is 0 Å². The van der Waals surface area contributed by atoms with Crippen molar-refractivity contribution in [1.29, 1.82) is 0 Å². The van der Waals surface area contributed by atoms with Crippen LogP contribution in [0, 0.1) is 6.92 Å². The summed E-state index contributed by atoms with van der Waals surface area (Å²) in [5, 5.41) is 3.26. The van der Waals surface area contributed by atoms with Gasteiger partial charge in [-0.15, -0.1) is 0 Å². The standard InChI is InChI=1S/C23H30N2O2/c1-18-9-7-8-12-20(18)21(25(2)3)22(26)24-17-23(13-15-27-16-14-23)19-10-5-4-6-11-19/h4-12,21H,13-17H2,1-3H3,(H,24,26)/t21-/m0/s1. The van der Waals surface area contributed by atoms with E-state index >= 15 is 0 Å². The minimum absolute atomic E-state index is 0.0519. The van der Waals surface area contributed by atoms with Crippen LogP contribution in [0.15, 0.2) is 54.6 Å². The molecule has 1 saturated heterocycles. The Labute approximate surface area is 162 Å². The Kier molecular flexibility index (Phi) is 6.30. The zero-order valence-corrected chi connectivity index (χ0v) is 16.6. The molecule has 1 aliphatic heterocycles. The first-order valence-electron chi connectivity index (χ1n) is 9.66. The van der Waals surface area contributed by atoms with E-state index in [-0.39, 0.29) is 17.4 Å². The van der Waals surface area contributed by atoms with Crippen molar-refractivity contribution in [2.45, 2.75) is 31.2 Å². The quantitative estimate of drug-likeness (QED) is 0.851. The molecule has 1 amide bonds.